The molecule has 0 atom stereocenters. The summed E-state index contributed by atoms with van der Waals surface area (Å²) in [6, 6.07) is 6.15. The van der Waals surface area contributed by atoms with Gasteiger partial charge in [0.25, 0.3) is 5.56 Å². The summed E-state index contributed by atoms with van der Waals surface area (Å²) in [6.45, 7) is 0. The Hall–Kier alpha value is -2.01. The van der Waals surface area contributed by atoms with Crippen molar-refractivity contribution >= 4 is 17.5 Å². The summed E-state index contributed by atoms with van der Waals surface area (Å²) < 4.78 is 0. The fraction of sp³-hybridized carbons (Fsp3) is 0. The van der Waals surface area contributed by atoms with Gasteiger partial charge in [-0.05, 0) is 24.3 Å². The number of rotatable bonds is 1. The summed E-state index contributed by atoms with van der Waals surface area (Å²) in [6.07, 6.45) is 0. The van der Waals surface area contributed by atoms with E-state index in [9.17, 15) is 4.79 Å². The Labute approximate surface area is 95.5 Å². The zero-order chi connectivity index (χ0) is 11.7. The predicted octanol–water partition coefficient (Wildman–Crippen LogP) is 1.38. The van der Waals surface area contributed by atoms with Crippen LogP contribution in [0.4, 0.5) is 5.95 Å². The van der Waals surface area contributed by atoms with E-state index in [0.717, 1.165) is 0 Å². The molecule has 1 heterocycles. The minimum Gasteiger partial charge on any atom is -0.508 e. The second kappa shape index (κ2) is 3.86. The lowest BCUT2D eigenvalue weighted by Gasteiger charge is -2.03. The summed E-state index contributed by atoms with van der Waals surface area (Å²) >= 11 is 5.82. The molecule has 1 aromatic heterocycles. The van der Waals surface area contributed by atoms with Gasteiger partial charge in [0.05, 0.1) is 5.69 Å². The first-order chi connectivity index (χ1) is 7.58. The number of hydrogen-bond donors (Lipinski definition) is 3. The Morgan fingerprint density at radius 3 is 2.56 bits per heavy atom. The molecule has 6 heteroatoms. The summed E-state index contributed by atoms with van der Waals surface area (Å²) in [5.41, 5.74) is 5.84. The monoisotopic (exact) mass is 237 g/mol. The second-order valence-electron chi connectivity index (χ2n) is 3.16. The molecule has 0 bridgehead atoms. The summed E-state index contributed by atoms with van der Waals surface area (Å²) in [4.78, 5) is 17.6. The number of anilines is 1. The van der Waals surface area contributed by atoms with Crippen LogP contribution in [-0.4, -0.2) is 15.1 Å². The Morgan fingerprint density at radius 1 is 1.31 bits per heavy atom. The lowest BCUT2D eigenvalue weighted by Crippen LogP contribution is -2.12. The number of aromatic amines is 1. The van der Waals surface area contributed by atoms with Crippen LogP contribution in [0.3, 0.4) is 0 Å². The molecule has 0 aliphatic rings. The molecule has 0 unspecified atom stereocenters. The van der Waals surface area contributed by atoms with E-state index in [2.05, 4.69) is 9.97 Å². The van der Waals surface area contributed by atoms with Gasteiger partial charge in [-0.25, -0.2) is 4.98 Å². The zero-order valence-electron chi connectivity index (χ0n) is 8.07. The highest BCUT2D eigenvalue weighted by Gasteiger charge is 2.10. The van der Waals surface area contributed by atoms with Gasteiger partial charge < -0.3 is 10.8 Å². The molecule has 0 spiro atoms. The van der Waals surface area contributed by atoms with Gasteiger partial charge in [0.1, 0.15) is 10.8 Å². The predicted molar refractivity (Wildman–Crippen MR) is 61.4 cm³/mol. The van der Waals surface area contributed by atoms with E-state index in [-0.39, 0.29) is 16.7 Å². The Bertz CT molecular complexity index is 578. The van der Waals surface area contributed by atoms with Gasteiger partial charge in [-0.2, -0.15) is 0 Å². The van der Waals surface area contributed by atoms with Gasteiger partial charge in [0.15, 0.2) is 0 Å². The second-order valence-corrected chi connectivity index (χ2v) is 3.54. The van der Waals surface area contributed by atoms with Gasteiger partial charge in [0, 0.05) is 5.56 Å². The highest BCUT2D eigenvalue weighted by Crippen LogP contribution is 2.24. The molecule has 0 saturated carbocycles. The highest BCUT2D eigenvalue weighted by atomic mass is 35.5. The van der Waals surface area contributed by atoms with E-state index in [1.54, 1.807) is 12.1 Å². The van der Waals surface area contributed by atoms with E-state index in [1.165, 1.54) is 12.1 Å². The van der Waals surface area contributed by atoms with Crippen LogP contribution >= 0.6 is 11.6 Å². The highest BCUT2D eigenvalue weighted by molar-refractivity contribution is 6.32. The number of phenolic OH excluding ortho intramolecular Hbond substituents is 1. The number of halogens is 1. The average molecular weight is 238 g/mol. The van der Waals surface area contributed by atoms with Crippen LogP contribution in [0.25, 0.3) is 11.3 Å². The number of phenols is 1. The van der Waals surface area contributed by atoms with Gasteiger partial charge in [-0.15, -0.1) is 0 Å². The van der Waals surface area contributed by atoms with Crippen LogP contribution in [0, 0.1) is 0 Å². The van der Waals surface area contributed by atoms with Crippen molar-refractivity contribution in [2.75, 3.05) is 5.73 Å². The Kier molecular flexibility index (Phi) is 2.54. The number of nitrogens with two attached hydrogens (primary N) is 1. The van der Waals surface area contributed by atoms with E-state index < -0.39 is 5.56 Å². The number of hydrogen-bond acceptors (Lipinski definition) is 4. The number of nitrogens with zero attached hydrogens (tertiary/aromatic N) is 1. The third-order valence-electron chi connectivity index (χ3n) is 2.02. The smallest absolute Gasteiger partial charge is 0.271 e. The van der Waals surface area contributed by atoms with Crippen molar-refractivity contribution in [2.24, 2.45) is 0 Å². The minimum atomic E-state index is -0.489. The lowest BCUT2D eigenvalue weighted by atomic mass is 10.1. The molecular formula is C10H8ClN3O2. The topological polar surface area (TPSA) is 92.0 Å². The zero-order valence-corrected chi connectivity index (χ0v) is 8.82. The first-order valence-corrected chi connectivity index (χ1v) is 4.80. The van der Waals surface area contributed by atoms with E-state index >= 15 is 0 Å². The molecule has 16 heavy (non-hydrogen) atoms. The number of nitrogen functional groups attached to an aromatic ring is 1. The largest absolute Gasteiger partial charge is 0.508 e. The molecular weight excluding hydrogens is 230 g/mol. The van der Waals surface area contributed by atoms with Crippen LogP contribution in [0.15, 0.2) is 29.1 Å². The van der Waals surface area contributed by atoms with Crippen LogP contribution in [0.5, 0.6) is 5.75 Å². The van der Waals surface area contributed by atoms with Crippen molar-refractivity contribution in [2.45, 2.75) is 0 Å². The summed E-state index contributed by atoms with van der Waals surface area (Å²) in [7, 11) is 0. The average Bonchev–Trinajstić information content (AvgIpc) is 2.25. The number of nitrogens with one attached hydrogen (secondary N) is 1. The van der Waals surface area contributed by atoms with Crippen LogP contribution in [0.2, 0.25) is 5.02 Å². The SMILES string of the molecule is Nc1nc(-c2ccc(O)cc2)c(Cl)c(=O)[nH]1. The molecule has 0 amide bonds. The molecule has 0 aliphatic heterocycles. The molecule has 0 saturated heterocycles. The first-order valence-electron chi connectivity index (χ1n) is 4.42. The maximum absolute atomic E-state index is 11.3. The molecule has 5 nitrogen and oxygen atoms in total. The lowest BCUT2D eigenvalue weighted by molar-refractivity contribution is 0.475. The van der Waals surface area contributed by atoms with Crippen LogP contribution in [-0.2, 0) is 0 Å². The fourth-order valence-electron chi connectivity index (χ4n) is 1.29. The molecule has 2 rings (SSSR count). The quantitative estimate of drug-likeness (QED) is 0.699. The molecule has 4 N–H and O–H groups in total. The molecule has 1 aromatic carbocycles. The molecule has 0 radical (unpaired) electrons. The van der Waals surface area contributed by atoms with Gasteiger partial charge in [0.2, 0.25) is 5.95 Å². The van der Waals surface area contributed by atoms with Gasteiger partial charge in [-0.1, -0.05) is 11.6 Å². The third kappa shape index (κ3) is 1.85. The molecule has 2 aromatic rings. The van der Waals surface area contributed by atoms with Crippen molar-refractivity contribution in [1.29, 1.82) is 0 Å². The number of aromatic nitrogens is 2. The minimum absolute atomic E-state index is 0.00234. The van der Waals surface area contributed by atoms with Crippen molar-refractivity contribution in [1.82, 2.24) is 9.97 Å². The van der Waals surface area contributed by atoms with Gasteiger partial charge >= 0.3 is 0 Å². The third-order valence-corrected chi connectivity index (χ3v) is 2.37. The van der Waals surface area contributed by atoms with Gasteiger partial charge in [-0.3, -0.25) is 9.78 Å². The van der Waals surface area contributed by atoms with Crippen molar-refractivity contribution < 1.29 is 5.11 Å². The molecule has 0 aliphatic carbocycles. The van der Waals surface area contributed by atoms with E-state index in [4.69, 9.17) is 22.4 Å². The Balaban J connectivity index is 2.64. The summed E-state index contributed by atoms with van der Waals surface area (Å²) in [5.74, 6) is 0.121. The first kappa shape index (κ1) is 10.5. The van der Waals surface area contributed by atoms with Crippen molar-refractivity contribution in [3.05, 3.63) is 39.6 Å². The summed E-state index contributed by atoms with van der Waals surface area (Å²) in [5, 5.41) is 9.11. The fourth-order valence-corrected chi connectivity index (χ4v) is 1.49. The van der Waals surface area contributed by atoms with Crippen molar-refractivity contribution in [3.8, 4) is 17.0 Å². The molecule has 0 fully saturated rings. The standard InChI is InChI=1S/C10H8ClN3O2/c11-7-8(13-10(12)14-9(7)16)5-1-3-6(15)4-2-5/h1-4,15H,(H3,12,13,14,16). The maximum atomic E-state index is 11.3. The normalized spacial score (nSPS) is 10.3. The van der Waals surface area contributed by atoms with E-state index in [0.29, 0.717) is 11.3 Å². The maximum Gasteiger partial charge on any atom is 0.271 e. The number of aromatic hydroxyl groups is 1. The van der Waals surface area contributed by atoms with Crippen LogP contribution in [0.1, 0.15) is 0 Å². The molecule has 82 valence electrons. The van der Waals surface area contributed by atoms with Crippen LogP contribution < -0.4 is 11.3 Å². The Morgan fingerprint density at radius 2 is 1.94 bits per heavy atom. The number of H-pyrrole nitrogens is 1. The van der Waals surface area contributed by atoms with Crippen molar-refractivity contribution in [3.63, 3.8) is 0 Å². The number of benzene rings is 1. The van der Waals surface area contributed by atoms with E-state index in [1.807, 2.05) is 0 Å².